The van der Waals surface area contributed by atoms with Crippen LogP contribution in [0.3, 0.4) is 0 Å². The second kappa shape index (κ2) is 8.87. The maximum Gasteiger partial charge on any atom is 0.0648 e. The number of hydrogen-bond donors (Lipinski definition) is 0. The molecule has 0 aromatic rings. The van der Waals surface area contributed by atoms with E-state index in [1.165, 1.54) is 70.6 Å². The zero-order chi connectivity index (χ0) is 14.2. The van der Waals surface area contributed by atoms with Gasteiger partial charge in [-0.3, -0.25) is 0 Å². The molecule has 0 bridgehead atoms. The minimum absolute atomic E-state index is 0.519. The fraction of sp³-hybridized carbons (Fsp3) is 0.895. The Morgan fingerprint density at radius 1 is 0.950 bits per heavy atom. The van der Waals surface area contributed by atoms with Gasteiger partial charge in [-0.1, -0.05) is 45.1 Å². The fourth-order valence-corrected chi connectivity index (χ4v) is 4.37. The van der Waals surface area contributed by atoms with Crippen molar-refractivity contribution in [2.24, 2.45) is 17.8 Å². The molecule has 2 saturated carbocycles. The smallest absolute Gasteiger partial charge is 0.0648 e. The molecule has 0 heterocycles. The molecule has 0 saturated heterocycles. The van der Waals surface area contributed by atoms with Crippen molar-refractivity contribution in [3.05, 3.63) is 12.7 Å². The van der Waals surface area contributed by atoms with Gasteiger partial charge in [0.05, 0.1) is 12.7 Å². The van der Waals surface area contributed by atoms with Gasteiger partial charge in [0, 0.05) is 0 Å². The maximum atomic E-state index is 5.81. The molecule has 0 amide bonds. The Kier molecular flexibility index (Phi) is 7.13. The Labute approximate surface area is 126 Å². The average Bonchev–Trinajstić information content (AvgIpc) is 2.52. The van der Waals surface area contributed by atoms with Gasteiger partial charge in [0.15, 0.2) is 0 Å². The fourth-order valence-electron chi connectivity index (χ4n) is 4.37. The zero-order valence-corrected chi connectivity index (χ0v) is 13.5. The van der Waals surface area contributed by atoms with Gasteiger partial charge < -0.3 is 4.74 Å². The lowest BCUT2D eigenvalue weighted by molar-refractivity contribution is 0.0211. The molecule has 2 aliphatic rings. The molecular formula is C19H34O. The molecule has 0 unspecified atom stereocenters. The Morgan fingerprint density at radius 3 is 2.10 bits per heavy atom. The first-order valence-corrected chi connectivity index (χ1v) is 9.06. The van der Waals surface area contributed by atoms with Crippen LogP contribution in [0.15, 0.2) is 12.7 Å². The summed E-state index contributed by atoms with van der Waals surface area (Å²) in [5.74, 6) is 3.09. The van der Waals surface area contributed by atoms with Crippen molar-refractivity contribution in [2.75, 3.05) is 6.61 Å². The molecule has 0 aromatic carbocycles. The summed E-state index contributed by atoms with van der Waals surface area (Å²) in [5.41, 5.74) is 0. The molecular weight excluding hydrogens is 244 g/mol. The van der Waals surface area contributed by atoms with Crippen LogP contribution in [0, 0.1) is 17.8 Å². The van der Waals surface area contributed by atoms with Crippen LogP contribution in [0.1, 0.15) is 77.6 Å². The highest BCUT2D eigenvalue weighted by Gasteiger charge is 2.30. The van der Waals surface area contributed by atoms with E-state index < -0.39 is 0 Å². The summed E-state index contributed by atoms with van der Waals surface area (Å²) in [5, 5.41) is 0. The predicted molar refractivity (Wildman–Crippen MR) is 86.9 cm³/mol. The third-order valence-corrected chi connectivity index (χ3v) is 5.69. The van der Waals surface area contributed by atoms with Gasteiger partial charge in [-0.25, -0.2) is 0 Å². The number of rotatable bonds is 7. The van der Waals surface area contributed by atoms with Crippen LogP contribution < -0.4 is 0 Å². The first-order valence-electron chi connectivity index (χ1n) is 9.06. The van der Waals surface area contributed by atoms with Crippen LogP contribution in [0.4, 0.5) is 0 Å². The Hall–Kier alpha value is -0.300. The quantitative estimate of drug-likeness (QED) is 0.539. The van der Waals surface area contributed by atoms with E-state index in [-0.39, 0.29) is 0 Å². The second-order valence-electron chi connectivity index (χ2n) is 7.08. The first-order chi connectivity index (χ1) is 9.83. The highest BCUT2D eigenvalue weighted by Crippen LogP contribution is 2.41. The predicted octanol–water partition coefficient (Wildman–Crippen LogP) is 5.74. The molecule has 2 rings (SSSR count). The van der Waals surface area contributed by atoms with Gasteiger partial charge in [0.1, 0.15) is 0 Å². The molecule has 116 valence electrons. The molecule has 0 radical (unpaired) electrons. The molecule has 0 N–H and O–H groups in total. The lowest BCUT2D eigenvalue weighted by Gasteiger charge is -2.37. The molecule has 1 nitrogen and oxygen atoms in total. The van der Waals surface area contributed by atoms with Crippen LogP contribution in [-0.2, 0) is 4.74 Å². The van der Waals surface area contributed by atoms with Crippen LogP contribution >= 0.6 is 0 Å². The van der Waals surface area contributed by atoms with Crippen LogP contribution in [0.5, 0.6) is 0 Å². The average molecular weight is 278 g/mol. The van der Waals surface area contributed by atoms with E-state index in [2.05, 4.69) is 13.5 Å². The van der Waals surface area contributed by atoms with Gasteiger partial charge in [-0.2, -0.15) is 0 Å². The molecule has 0 spiro atoms. The third kappa shape index (κ3) is 4.91. The molecule has 0 atom stereocenters. The third-order valence-electron chi connectivity index (χ3n) is 5.69. The normalized spacial score (nSPS) is 34.9. The van der Waals surface area contributed by atoms with Crippen molar-refractivity contribution < 1.29 is 4.74 Å². The molecule has 2 fully saturated rings. The molecule has 2 aliphatic carbocycles. The molecule has 1 heteroatoms. The minimum atomic E-state index is 0.519. The van der Waals surface area contributed by atoms with E-state index in [1.807, 2.05) is 6.08 Å². The zero-order valence-electron chi connectivity index (χ0n) is 13.5. The van der Waals surface area contributed by atoms with Crippen molar-refractivity contribution >= 4 is 0 Å². The summed E-state index contributed by atoms with van der Waals surface area (Å²) in [6.45, 7) is 6.79. The summed E-state index contributed by atoms with van der Waals surface area (Å²) in [6.07, 6.45) is 18.1. The Balaban J connectivity index is 1.64. The van der Waals surface area contributed by atoms with Crippen molar-refractivity contribution in [3.63, 3.8) is 0 Å². The van der Waals surface area contributed by atoms with Crippen LogP contribution in [0.25, 0.3) is 0 Å². The van der Waals surface area contributed by atoms with Crippen molar-refractivity contribution in [3.8, 4) is 0 Å². The van der Waals surface area contributed by atoms with E-state index in [9.17, 15) is 0 Å². The van der Waals surface area contributed by atoms with E-state index in [0.29, 0.717) is 6.10 Å². The number of unbranched alkanes of at least 4 members (excludes halogenated alkanes) is 1. The molecule has 20 heavy (non-hydrogen) atoms. The van der Waals surface area contributed by atoms with Gasteiger partial charge in [0.25, 0.3) is 0 Å². The summed E-state index contributed by atoms with van der Waals surface area (Å²) < 4.78 is 5.81. The summed E-state index contributed by atoms with van der Waals surface area (Å²) in [6, 6.07) is 0. The highest BCUT2D eigenvalue weighted by molar-refractivity contribution is 4.82. The van der Waals surface area contributed by atoms with Crippen molar-refractivity contribution in [1.29, 1.82) is 0 Å². The molecule has 0 aromatic heterocycles. The Bertz CT molecular complexity index is 257. The SMILES string of the molecule is C=CCOC1CCC([C@H]2CC[C@H](CCCC)CC2)CC1. The first kappa shape index (κ1) is 16.1. The largest absolute Gasteiger partial charge is 0.374 e. The van der Waals surface area contributed by atoms with E-state index >= 15 is 0 Å². The van der Waals surface area contributed by atoms with Gasteiger partial charge in [-0.05, 0) is 56.3 Å². The second-order valence-corrected chi connectivity index (χ2v) is 7.08. The standard InChI is InChI=1S/C19H34O/c1-3-5-6-16-7-9-17(10-8-16)18-11-13-19(14-12-18)20-15-4-2/h4,16-19H,2-3,5-15H2,1H3/t16-,17-,18?,19?. The van der Waals surface area contributed by atoms with E-state index in [1.54, 1.807) is 0 Å². The van der Waals surface area contributed by atoms with Crippen molar-refractivity contribution in [2.45, 2.75) is 83.7 Å². The number of ether oxygens (including phenoxy) is 1. The lowest BCUT2D eigenvalue weighted by atomic mass is 9.70. The maximum absolute atomic E-state index is 5.81. The van der Waals surface area contributed by atoms with E-state index in [4.69, 9.17) is 4.74 Å². The van der Waals surface area contributed by atoms with Crippen molar-refractivity contribution in [1.82, 2.24) is 0 Å². The summed E-state index contributed by atoms with van der Waals surface area (Å²) >= 11 is 0. The van der Waals surface area contributed by atoms with Gasteiger partial charge in [0.2, 0.25) is 0 Å². The van der Waals surface area contributed by atoms with Crippen LogP contribution in [-0.4, -0.2) is 12.7 Å². The van der Waals surface area contributed by atoms with Crippen LogP contribution in [0.2, 0.25) is 0 Å². The van der Waals surface area contributed by atoms with E-state index in [0.717, 1.165) is 24.4 Å². The monoisotopic (exact) mass is 278 g/mol. The summed E-state index contributed by atoms with van der Waals surface area (Å²) in [7, 11) is 0. The molecule has 0 aliphatic heterocycles. The number of hydrogen-bond acceptors (Lipinski definition) is 1. The Morgan fingerprint density at radius 2 is 1.55 bits per heavy atom. The van der Waals surface area contributed by atoms with Gasteiger partial charge >= 0.3 is 0 Å². The van der Waals surface area contributed by atoms with Gasteiger partial charge in [-0.15, -0.1) is 6.58 Å². The highest BCUT2D eigenvalue weighted by atomic mass is 16.5. The lowest BCUT2D eigenvalue weighted by Crippen LogP contribution is -2.28. The topological polar surface area (TPSA) is 9.23 Å². The summed E-state index contributed by atoms with van der Waals surface area (Å²) in [4.78, 5) is 0. The minimum Gasteiger partial charge on any atom is -0.374 e.